The Morgan fingerprint density at radius 3 is 2.79 bits per heavy atom. The average molecular weight is 277 g/mol. The van der Waals surface area contributed by atoms with Crippen LogP contribution in [0.4, 0.5) is 23.2 Å². The zero-order valence-corrected chi connectivity index (χ0v) is 9.84. The Balaban J connectivity index is 2.14. The highest BCUT2D eigenvalue weighted by Crippen LogP contribution is 2.33. The molecule has 7 heteroatoms. The van der Waals surface area contributed by atoms with E-state index in [2.05, 4.69) is 0 Å². The maximum atomic E-state index is 13.1. The molecule has 1 heterocycles. The van der Waals surface area contributed by atoms with Gasteiger partial charge in [0.1, 0.15) is 18.2 Å². The molecule has 0 fully saturated rings. The number of benzene rings is 1. The standard InChI is InChI=1S/C12H11F4NO2/c13-8-1-2-10-9(7-8)17(5-6-19-10)11(18)3-4-12(14,15)16/h1-2,7H,3-6H2. The highest BCUT2D eigenvalue weighted by molar-refractivity contribution is 5.95. The van der Waals surface area contributed by atoms with Crippen molar-refractivity contribution in [3.05, 3.63) is 24.0 Å². The number of anilines is 1. The lowest BCUT2D eigenvalue weighted by atomic mass is 10.2. The zero-order chi connectivity index (χ0) is 14.0. The first-order valence-electron chi connectivity index (χ1n) is 5.66. The van der Waals surface area contributed by atoms with Gasteiger partial charge in [0.2, 0.25) is 5.91 Å². The van der Waals surface area contributed by atoms with Gasteiger partial charge in [0.15, 0.2) is 0 Å². The van der Waals surface area contributed by atoms with E-state index in [1.54, 1.807) is 0 Å². The Kier molecular flexibility index (Phi) is 3.64. The second kappa shape index (κ2) is 5.07. The van der Waals surface area contributed by atoms with Crippen molar-refractivity contribution in [1.82, 2.24) is 0 Å². The van der Waals surface area contributed by atoms with Crippen molar-refractivity contribution in [2.75, 3.05) is 18.1 Å². The Labute approximate surface area is 106 Å². The molecule has 3 nitrogen and oxygen atoms in total. The van der Waals surface area contributed by atoms with E-state index in [0.717, 1.165) is 11.0 Å². The third-order valence-electron chi connectivity index (χ3n) is 2.71. The number of carbonyl (C=O) groups is 1. The highest BCUT2D eigenvalue weighted by atomic mass is 19.4. The van der Waals surface area contributed by atoms with Gasteiger partial charge in [0.25, 0.3) is 0 Å². The topological polar surface area (TPSA) is 29.5 Å². The minimum absolute atomic E-state index is 0.118. The molecule has 0 unspecified atom stereocenters. The lowest BCUT2D eigenvalue weighted by Gasteiger charge is -2.29. The van der Waals surface area contributed by atoms with E-state index in [4.69, 9.17) is 4.74 Å². The van der Waals surface area contributed by atoms with E-state index in [-0.39, 0.29) is 18.8 Å². The predicted octanol–water partition coefficient (Wildman–Crippen LogP) is 2.89. The number of amides is 1. The predicted molar refractivity (Wildman–Crippen MR) is 59.5 cm³/mol. The van der Waals surface area contributed by atoms with Gasteiger partial charge in [0.05, 0.1) is 18.7 Å². The molecule has 1 aliphatic heterocycles. The van der Waals surface area contributed by atoms with Gasteiger partial charge in [0, 0.05) is 12.5 Å². The molecular formula is C12H11F4NO2. The van der Waals surface area contributed by atoms with Crippen LogP contribution >= 0.6 is 0 Å². The lowest BCUT2D eigenvalue weighted by Crippen LogP contribution is -2.38. The van der Waals surface area contributed by atoms with Crippen LogP contribution in [0.25, 0.3) is 0 Å². The number of alkyl halides is 3. The van der Waals surface area contributed by atoms with Gasteiger partial charge in [-0.25, -0.2) is 4.39 Å². The number of hydrogen-bond acceptors (Lipinski definition) is 2. The molecule has 0 radical (unpaired) electrons. The van der Waals surface area contributed by atoms with Crippen molar-refractivity contribution in [3.63, 3.8) is 0 Å². The summed E-state index contributed by atoms with van der Waals surface area (Å²) >= 11 is 0. The molecule has 0 aliphatic carbocycles. The van der Waals surface area contributed by atoms with Crippen LogP contribution in [0.3, 0.4) is 0 Å². The summed E-state index contributed by atoms with van der Waals surface area (Å²) in [6.07, 6.45) is -6.22. The molecule has 1 aromatic rings. The van der Waals surface area contributed by atoms with E-state index in [1.807, 2.05) is 0 Å². The SMILES string of the molecule is O=C(CCC(F)(F)F)N1CCOc2ccc(F)cc21. The van der Waals surface area contributed by atoms with E-state index >= 15 is 0 Å². The summed E-state index contributed by atoms with van der Waals surface area (Å²) in [4.78, 5) is 12.9. The molecule has 2 rings (SSSR count). The van der Waals surface area contributed by atoms with Gasteiger partial charge < -0.3 is 9.64 Å². The minimum atomic E-state index is -4.38. The summed E-state index contributed by atoms with van der Waals surface area (Å²) in [6, 6.07) is 3.61. The summed E-state index contributed by atoms with van der Waals surface area (Å²) in [5, 5.41) is 0. The number of nitrogens with zero attached hydrogens (tertiary/aromatic N) is 1. The molecule has 0 spiro atoms. The first kappa shape index (κ1) is 13.6. The van der Waals surface area contributed by atoms with Crippen LogP contribution in [0.1, 0.15) is 12.8 Å². The maximum Gasteiger partial charge on any atom is 0.389 e. The van der Waals surface area contributed by atoms with E-state index in [9.17, 15) is 22.4 Å². The number of halogens is 4. The zero-order valence-electron chi connectivity index (χ0n) is 9.84. The molecule has 0 aromatic heterocycles. The number of fused-ring (bicyclic) bond motifs is 1. The molecular weight excluding hydrogens is 266 g/mol. The summed E-state index contributed by atoms with van der Waals surface area (Å²) in [5.74, 6) is -0.960. The maximum absolute atomic E-state index is 13.1. The fourth-order valence-electron chi connectivity index (χ4n) is 1.83. The number of hydrogen-bond donors (Lipinski definition) is 0. The first-order valence-corrected chi connectivity index (χ1v) is 5.66. The van der Waals surface area contributed by atoms with E-state index in [1.165, 1.54) is 12.1 Å². The molecule has 1 aliphatic rings. The Morgan fingerprint density at radius 1 is 1.37 bits per heavy atom. The number of carbonyl (C=O) groups excluding carboxylic acids is 1. The normalized spacial score (nSPS) is 14.8. The molecule has 0 N–H and O–H groups in total. The molecule has 0 saturated carbocycles. The van der Waals surface area contributed by atoms with Crippen molar-refractivity contribution in [2.45, 2.75) is 19.0 Å². The van der Waals surface area contributed by atoms with Crippen LogP contribution in [0.15, 0.2) is 18.2 Å². The number of rotatable bonds is 2. The third-order valence-corrected chi connectivity index (χ3v) is 2.71. The quantitative estimate of drug-likeness (QED) is 0.778. The van der Waals surface area contributed by atoms with Crippen LogP contribution in [0, 0.1) is 5.82 Å². The molecule has 1 amide bonds. The fraction of sp³-hybridized carbons (Fsp3) is 0.417. The van der Waals surface area contributed by atoms with Crippen LogP contribution in [-0.4, -0.2) is 25.2 Å². The van der Waals surface area contributed by atoms with Gasteiger partial charge in [-0.15, -0.1) is 0 Å². The Hall–Kier alpha value is -1.79. The largest absolute Gasteiger partial charge is 0.490 e. The Bertz CT molecular complexity index is 487. The summed E-state index contributed by atoms with van der Waals surface area (Å²) < 4.78 is 54.6. The van der Waals surface area contributed by atoms with Gasteiger partial charge in [-0.05, 0) is 12.1 Å². The first-order chi connectivity index (χ1) is 8.87. The van der Waals surface area contributed by atoms with Crippen molar-refractivity contribution >= 4 is 11.6 Å². The summed E-state index contributed by atoms with van der Waals surface area (Å²) in [7, 11) is 0. The van der Waals surface area contributed by atoms with Gasteiger partial charge in [-0.2, -0.15) is 13.2 Å². The smallest absolute Gasteiger partial charge is 0.389 e. The third kappa shape index (κ3) is 3.36. The van der Waals surface area contributed by atoms with Crippen molar-refractivity contribution in [3.8, 4) is 5.75 Å². The van der Waals surface area contributed by atoms with Gasteiger partial charge in [-0.1, -0.05) is 0 Å². The monoisotopic (exact) mass is 277 g/mol. The summed E-state index contributed by atoms with van der Waals surface area (Å²) in [6.45, 7) is 0.295. The van der Waals surface area contributed by atoms with E-state index in [0.29, 0.717) is 5.75 Å². The van der Waals surface area contributed by atoms with Crippen molar-refractivity contribution in [1.29, 1.82) is 0 Å². The molecule has 0 saturated heterocycles. The summed E-state index contributed by atoms with van der Waals surface area (Å²) in [5.41, 5.74) is 0.179. The number of ether oxygens (including phenoxy) is 1. The van der Waals surface area contributed by atoms with E-state index < -0.39 is 30.7 Å². The second-order valence-electron chi connectivity index (χ2n) is 4.12. The molecule has 0 atom stereocenters. The van der Waals surface area contributed by atoms with Gasteiger partial charge >= 0.3 is 6.18 Å². The molecule has 19 heavy (non-hydrogen) atoms. The van der Waals surface area contributed by atoms with Crippen molar-refractivity contribution in [2.24, 2.45) is 0 Å². The van der Waals surface area contributed by atoms with Crippen LogP contribution in [0.5, 0.6) is 5.75 Å². The average Bonchev–Trinajstić information content (AvgIpc) is 2.34. The van der Waals surface area contributed by atoms with Gasteiger partial charge in [-0.3, -0.25) is 4.79 Å². The molecule has 0 bridgehead atoms. The fourth-order valence-corrected chi connectivity index (χ4v) is 1.83. The highest BCUT2D eigenvalue weighted by Gasteiger charge is 2.31. The van der Waals surface area contributed by atoms with Crippen LogP contribution < -0.4 is 9.64 Å². The molecule has 104 valence electrons. The minimum Gasteiger partial charge on any atom is -0.490 e. The Morgan fingerprint density at radius 2 is 2.11 bits per heavy atom. The van der Waals surface area contributed by atoms with Crippen LogP contribution in [0.2, 0.25) is 0 Å². The van der Waals surface area contributed by atoms with Crippen LogP contribution in [-0.2, 0) is 4.79 Å². The molecule has 1 aromatic carbocycles. The van der Waals surface area contributed by atoms with Crippen molar-refractivity contribution < 1.29 is 27.1 Å². The lowest BCUT2D eigenvalue weighted by molar-refractivity contribution is -0.143. The second-order valence-corrected chi connectivity index (χ2v) is 4.12.